The molecule has 3 aromatic rings. The molecule has 0 aliphatic rings. The standard InChI is InChI=1S/C24H29N3O2.ClH/c1-27(24(28)22(25)17-19-11-5-2-6-12-19)16-10-4-9-15-21-18-23(26-29-21)20-13-7-3-8-14-20;/h2-3,5-8,11-14,18,22H,4,9-10,15-17,25H2,1H3;1H/t22-;/m0./s1. The van der Waals surface area contributed by atoms with Gasteiger partial charge in [0.05, 0.1) is 6.04 Å². The van der Waals surface area contributed by atoms with Crippen molar-refractivity contribution in [3.63, 3.8) is 0 Å². The Labute approximate surface area is 184 Å². The quantitative estimate of drug-likeness (QED) is 0.483. The maximum absolute atomic E-state index is 12.4. The number of amides is 1. The molecule has 0 saturated carbocycles. The van der Waals surface area contributed by atoms with E-state index in [2.05, 4.69) is 5.16 Å². The molecule has 0 saturated heterocycles. The molecule has 1 atom stereocenters. The Bertz CT molecular complexity index is 884. The van der Waals surface area contributed by atoms with Crippen molar-refractivity contribution in [2.45, 2.75) is 38.1 Å². The molecule has 0 aliphatic carbocycles. The number of rotatable bonds is 10. The molecule has 1 heterocycles. The van der Waals surface area contributed by atoms with Crippen molar-refractivity contribution < 1.29 is 9.32 Å². The predicted octanol–water partition coefficient (Wildman–Crippen LogP) is 4.50. The van der Waals surface area contributed by atoms with Gasteiger partial charge in [-0.1, -0.05) is 72.2 Å². The van der Waals surface area contributed by atoms with E-state index in [1.165, 1.54) is 0 Å². The molecule has 6 heteroatoms. The van der Waals surface area contributed by atoms with Crippen LogP contribution in [0.15, 0.2) is 71.3 Å². The van der Waals surface area contributed by atoms with Crippen molar-refractivity contribution >= 4 is 18.3 Å². The zero-order valence-electron chi connectivity index (χ0n) is 17.4. The van der Waals surface area contributed by atoms with E-state index >= 15 is 0 Å². The van der Waals surface area contributed by atoms with Crippen LogP contribution < -0.4 is 5.73 Å². The fourth-order valence-corrected chi connectivity index (χ4v) is 3.35. The molecule has 0 unspecified atom stereocenters. The van der Waals surface area contributed by atoms with Crippen molar-refractivity contribution in [3.05, 3.63) is 78.1 Å². The molecule has 30 heavy (non-hydrogen) atoms. The van der Waals surface area contributed by atoms with Gasteiger partial charge in [0.15, 0.2) is 0 Å². The molecule has 0 aliphatic heterocycles. The van der Waals surface area contributed by atoms with Gasteiger partial charge in [0.1, 0.15) is 11.5 Å². The Morgan fingerprint density at radius 3 is 2.40 bits per heavy atom. The van der Waals surface area contributed by atoms with Crippen molar-refractivity contribution in [1.82, 2.24) is 10.1 Å². The van der Waals surface area contributed by atoms with Gasteiger partial charge in [0.2, 0.25) is 5.91 Å². The third kappa shape index (κ3) is 7.01. The summed E-state index contributed by atoms with van der Waals surface area (Å²) in [5.41, 5.74) is 9.12. The molecule has 1 amide bonds. The van der Waals surface area contributed by atoms with Crippen molar-refractivity contribution in [2.75, 3.05) is 13.6 Å². The largest absolute Gasteiger partial charge is 0.361 e. The number of hydrogen-bond acceptors (Lipinski definition) is 4. The first-order valence-electron chi connectivity index (χ1n) is 10.2. The second kappa shape index (κ2) is 12.2. The number of unbranched alkanes of at least 4 members (excludes halogenated alkanes) is 2. The second-order valence-corrected chi connectivity index (χ2v) is 7.41. The van der Waals surface area contributed by atoms with Crippen LogP contribution in [-0.4, -0.2) is 35.6 Å². The summed E-state index contributed by atoms with van der Waals surface area (Å²) >= 11 is 0. The minimum atomic E-state index is -0.493. The fraction of sp³-hybridized carbons (Fsp3) is 0.333. The smallest absolute Gasteiger partial charge is 0.239 e. The van der Waals surface area contributed by atoms with Gasteiger partial charge in [-0.2, -0.15) is 0 Å². The van der Waals surface area contributed by atoms with Crippen LogP contribution in [0.4, 0.5) is 0 Å². The Morgan fingerprint density at radius 1 is 1.03 bits per heavy atom. The zero-order chi connectivity index (χ0) is 20.5. The number of carbonyl (C=O) groups is 1. The lowest BCUT2D eigenvalue weighted by molar-refractivity contribution is -0.131. The summed E-state index contributed by atoms with van der Waals surface area (Å²) in [5, 5.41) is 4.15. The SMILES string of the molecule is CN(CCCCCc1cc(-c2ccccc2)no1)C(=O)[C@@H](N)Cc1ccccc1.Cl. The highest BCUT2D eigenvalue weighted by atomic mass is 35.5. The average molecular weight is 428 g/mol. The average Bonchev–Trinajstić information content (AvgIpc) is 3.23. The van der Waals surface area contributed by atoms with E-state index in [-0.39, 0.29) is 18.3 Å². The lowest BCUT2D eigenvalue weighted by Crippen LogP contribution is -2.43. The number of carbonyl (C=O) groups excluding carboxylic acids is 1. The maximum Gasteiger partial charge on any atom is 0.239 e. The van der Waals surface area contributed by atoms with Gasteiger partial charge in [-0.25, -0.2) is 0 Å². The maximum atomic E-state index is 12.4. The number of nitrogens with zero attached hydrogens (tertiary/aromatic N) is 2. The van der Waals surface area contributed by atoms with E-state index in [4.69, 9.17) is 10.3 Å². The normalized spacial score (nSPS) is 11.5. The molecule has 0 radical (unpaired) electrons. The molecular weight excluding hydrogens is 398 g/mol. The highest BCUT2D eigenvalue weighted by Crippen LogP contribution is 2.19. The van der Waals surface area contributed by atoms with Gasteiger partial charge in [-0.05, 0) is 24.8 Å². The van der Waals surface area contributed by atoms with E-state index in [1.807, 2.05) is 73.8 Å². The van der Waals surface area contributed by atoms with Crippen molar-refractivity contribution in [1.29, 1.82) is 0 Å². The molecular formula is C24H30ClN3O2. The van der Waals surface area contributed by atoms with Gasteiger partial charge >= 0.3 is 0 Å². The van der Waals surface area contributed by atoms with Gasteiger partial charge < -0.3 is 15.2 Å². The Balaban J connectivity index is 0.00000320. The summed E-state index contributed by atoms with van der Waals surface area (Å²) in [6.45, 7) is 0.715. The lowest BCUT2D eigenvalue weighted by Gasteiger charge is -2.21. The van der Waals surface area contributed by atoms with E-state index < -0.39 is 6.04 Å². The number of aryl methyl sites for hydroxylation is 1. The molecule has 0 bridgehead atoms. The first-order valence-corrected chi connectivity index (χ1v) is 10.2. The van der Waals surface area contributed by atoms with E-state index in [1.54, 1.807) is 4.90 Å². The predicted molar refractivity (Wildman–Crippen MR) is 123 cm³/mol. The Hall–Kier alpha value is -2.63. The summed E-state index contributed by atoms with van der Waals surface area (Å²) < 4.78 is 5.44. The van der Waals surface area contributed by atoms with Crippen LogP contribution in [0.2, 0.25) is 0 Å². The summed E-state index contributed by atoms with van der Waals surface area (Å²) in [5.74, 6) is 0.898. The Kier molecular flexibility index (Phi) is 9.58. The third-order valence-corrected chi connectivity index (χ3v) is 5.04. The third-order valence-electron chi connectivity index (χ3n) is 5.04. The molecule has 5 nitrogen and oxygen atoms in total. The van der Waals surface area contributed by atoms with Crippen LogP contribution in [0.5, 0.6) is 0 Å². The molecule has 2 aromatic carbocycles. The van der Waals surface area contributed by atoms with E-state index in [0.29, 0.717) is 13.0 Å². The van der Waals surface area contributed by atoms with Gasteiger partial charge in [0, 0.05) is 31.6 Å². The fourth-order valence-electron chi connectivity index (χ4n) is 3.35. The number of hydrogen-bond donors (Lipinski definition) is 1. The van der Waals surface area contributed by atoms with Crippen LogP contribution in [-0.2, 0) is 17.6 Å². The number of halogens is 1. The first-order chi connectivity index (χ1) is 14.1. The topological polar surface area (TPSA) is 72.4 Å². The number of likely N-dealkylation sites (N-methyl/N-ethyl adjacent to an activating group) is 1. The highest BCUT2D eigenvalue weighted by molar-refractivity contribution is 5.85. The van der Waals surface area contributed by atoms with Gasteiger partial charge in [-0.15, -0.1) is 12.4 Å². The van der Waals surface area contributed by atoms with E-state index in [9.17, 15) is 4.79 Å². The van der Waals surface area contributed by atoms with Crippen LogP contribution in [0.1, 0.15) is 30.6 Å². The first kappa shape index (κ1) is 23.6. The molecule has 2 N–H and O–H groups in total. The van der Waals surface area contributed by atoms with Crippen LogP contribution in [0.25, 0.3) is 11.3 Å². The van der Waals surface area contributed by atoms with Crippen LogP contribution in [0, 0.1) is 0 Å². The molecule has 0 fully saturated rings. The van der Waals surface area contributed by atoms with Crippen molar-refractivity contribution in [2.24, 2.45) is 5.73 Å². The minimum absolute atomic E-state index is 0. The lowest BCUT2D eigenvalue weighted by atomic mass is 10.1. The molecule has 3 rings (SSSR count). The summed E-state index contributed by atoms with van der Waals surface area (Å²) in [4.78, 5) is 14.2. The Morgan fingerprint density at radius 2 is 1.70 bits per heavy atom. The monoisotopic (exact) mass is 427 g/mol. The number of aromatic nitrogens is 1. The van der Waals surface area contributed by atoms with Gasteiger partial charge in [-0.3, -0.25) is 4.79 Å². The summed E-state index contributed by atoms with van der Waals surface area (Å²) in [7, 11) is 1.83. The summed E-state index contributed by atoms with van der Waals surface area (Å²) in [6, 6.07) is 21.4. The number of benzene rings is 2. The van der Waals surface area contributed by atoms with Gasteiger partial charge in [0.25, 0.3) is 0 Å². The van der Waals surface area contributed by atoms with E-state index in [0.717, 1.165) is 48.3 Å². The van der Waals surface area contributed by atoms with Crippen molar-refractivity contribution in [3.8, 4) is 11.3 Å². The minimum Gasteiger partial charge on any atom is -0.361 e. The molecule has 0 spiro atoms. The highest BCUT2D eigenvalue weighted by Gasteiger charge is 2.18. The molecule has 1 aromatic heterocycles. The van der Waals surface area contributed by atoms with Crippen LogP contribution in [0.3, 0.4) is 0 Å². The zero-order valence-corrected chi connectivity index (χ0v) is 18.2. The second-order valence-electron chi connectivity index (χ2n) is 7.41. The summed E-state index contributed by atoms with van der Waals surface area (Å²) in [6.07, 6.45) is 4.39. The van der Waals surface area contributed by atoms with Crippen LogP contribution >= 0.6 is 12.4 Å². The number of nitrogens with two attached hydrogens (primary N) is 1. The molecule has 160 valence electrons.